The van der Waals surface area contributed by atoms with E-state index in [0.717, 1.165) is 24.3 Å². The van der Waals surface area contributed by atoms with Crippen molar-refractivity contribution in [3.8, 4) is 0 Å². The highest BCUT2D eigenvalue weighted by Gasteiger charge is 2.64. The summed E-state index contributed by atoms with van der Waals surface area (Å²) in [6.45, 7) is -0.159. The van der Waals surface area contributed by atoms with Crippen molar-refractivity contribution in [2.24, 2.45) is 5.41 Å². The van der Waals surface area contributed by atoms with Crippen molar-refractivity contribution >= 4 is 17.7 Å². The Labute approximate surface area is 108 Å². The number of rotatable bonds is 2. The highest BCUT2D eigenvalue weighted by Crippen LogP contribution is 2.46. The summed E-state index contributed by atoms with van der Waals surface area (Å²) in [6, 6.07) is 0.104. The predicted octanol–water partition coefficient (Wildman–Crippen LogP) is 2.22. The first-order valence-corrected chi connectivity index (χ1v) is 7.14. The minimum atomic E-state index is -4.67. The van der Waals surface area contributed by atoms with Crippen molar-refractivity contribution in [2.75, 3.05) is 24.6 Å². The van der Waals surface area contributed by atoms with Gasteiger partial charge in [0.1, 0.15) is 0 Å². The van der Waals surface area contributed by atoms with E-state index in [-0.39, 0.29) is 19.0 Å². The lowest BCUT2D eigenvalue weighted by atomic mass is 9.86. The van der Waals surface area contributed by atoms with Gasteiger partial charge in [-0.05, 0) is 31.6 Å². The molecule has 0 amide bonds. The van der Waals surface area contributed by atoms with Gasteiger partial charge < -0.3 is 5.11 Å². The first kappa shape index (κ1) is 14.0. The first-order valence-electron chi connectivity index (χ1n) is 5.99. The fourth-order valence-electron chi connectivity index (χ4n) is 2.69. The molecule has 0 saturated carbocycles. The van der Waals surface area contributed by atoms with Crippen LogP contribution >= 0.6 is 11.8 Å². The Kier molecular flexibility index (Phi) is 3.82. The molecule has 0 radical (unpaired) electrons. The molecule has 0 aromatic rings. The number of aliphatic carboxylic acids is 1. The van der Waals surface area contributed by atoms with Crippen LogP contribution in [0.15, 0.2) is 0 Å². The van der Waals surface area contributed by atoms with Gasteiger partial charge in [-0.15, -0.1) is 0 Å². The summed E-state index contributed by atoms with van der Waals surface area (Å²) in [5.41, 5.74) is -2.56. The second-order valence-corrected chi connectivity index (χ2v) is 6.13. The van der Waals surface area contributed by atoms with Crippen LogP contribution in [-0.2, 0) is 4.79 Å². The van der Waals surface area contributed by atoms with Crippen molar-refractivity contribution in [1.29, 1.82) is 0 Å². The molecule has 2 fully saturated rings. The summed E-state index contributed by atoms with van der Waals surface area (Å²) >= 11 is 1.74. The maximum absolute atomic E-state index is 13.0. The largest absolute Gasteiger partial charge is 0.481 e. The molecule has 2 unspecified atom stereocenters. The Morgan fingerprint density at radius 3 is 2.61 bits per heavy atom. The number of hydrogen-bond donors (Lipinski definition) is 1. The van der Waals surface area contributed by atoms with Gasteiger partial charge in [0.2, 0.25) is 0 Å². The van der Waals surface area contributed by atoms with E-state index >= 15 is 0 Å². The highest BCUT2D eigenvalue weighted by atomic mass is 32.2. The lowest BCUT2D eigenvalue weighted by Crippen LogP contribution is -2.48. The molecule has 1 N–H and O–H groups in total. The molecule has 2 aliphatic rings. The summed E-state index contributed by atoms with van der Waals surface area (Å²) in [5.74, 6) is 0.127. The van der Waals surface area contributed by atoms with Crippen molar-refractivity contribution < 1.29 is 23.1 Å². The molecule has 104 valence electrons. The van der Waals surface area contributed by atoms with Crippen LogP contribution in [0.4, 0.5) is 13.2 Å². The normalized spacial score (nSPS) is 34.7. The SMILES string of the molecule is O=C(O)C1(C(F)(F)F)CCN(C2CCCSC2)C1. The van der Waals surface area contributed by atoms with Gasteiger partial charge in [-0.25, -0.2) is 0 Å². The van der Waals surface area contributed by atoms with Gasteiger partial charge in [-0.3, -0.25) is 9.69 Å². The molecule has 0 spiro atoms. The quantitative estimate of drug-likeness (QED) is 0.843. The molecule has 0 aromatic heterocycles. The van der Waals surface area contributed by atoms with E-state index in [1.807, 2.05) is 0 Å². The Balaban J connectivity index is 2.11. The average Bonchev–Trinajstić information content (AvgIpc) is 2.75. The molecule has 0 aliphatic carbocycles. The molecular weight excluding hydrogens is 267 g/mol. The first-order chi connectivity index (χ1) is 8.37. The third-order valence-corrected chi connectivity index (χ3v) is 5.10. The molecule has 2 rings (SSSR count). The van der Waals surface area contributed by atoms with Crippen LogP contribution in [0.1, 0.15) is 19.3 Å². The van der Waals surface area contributed by atoms with Gasteiger partial charge in [-0.2, -0.15) is 24.9 Å². The number of carboxylic acids is 1. The van der Waals surface area contributed by atoms with Crippen molar-refractivity contribution in [3.05, 3.63) is 0 Å². The van der Waals surface area contributed by atoms with Crippen LogP contribution in [0.2, 0.25) is 0 Å². The van der Waals surface area contributed by atoms with Crippen molar-refractivity contribution in [3.63, 3.8) is 0 Å². The second-order valence-electron chi connectivity index (χ2n) is 4.98. The standard InChI is InChI=1S/C11H16F3NO2S/c12-11(13,14)10(9(16)17)3-4-15(7-10)8-2-1-5-18-6-8/h8H,1-7H2,(H,16,17). The van der Waals surface area contributed by atoms with Gasteiger partial charge in [0.05, 0.1) is 0 Å². The molecule has 2 aliphatic heterocycles. The third kappa shape index (κ3) is 2.34. The lowest BCUT2D eigenvalue weighted by molar-refractivity contribution is -0.227. The van der Waals surface area contributed by atoms with Gasteiger partial charge in [0.15, 0.2) is 5.41 Å². The summed E-state index contributed by atoms with van der Waals surface area (Å²) in [7, 11) is 0. The van der Waals surface area contributed by atoms with Gasteiger partial charge in [0.25, 0.3) is 0 Å². The van der Waals surface area contributed by atoms with E-state index in [1.165, 1.54) is 0 Å². The smallest absolute Gasteiger partial charge is 0.406 e. The fourth-order valence-corrected chi connectivity index (χ4v) is 3.88. The molecule has 7 heteroatoms. The van der Waals surface area contributed by atoms with E-state index in [9.17, 15) is 18.0 Å². The molecule has 0 aromatic carbocycles. The van der Waals surface area contributed by atoms with E-state index in [1.54, 1.807) is 16.7 Å². The van der Waals surface area contributed by atoms with Crippen LogP contribution < -0.4 is 0 Å². The van der Waals surface area contributed by atoms with E-state index in [0.29, 0.717) is 0 Å². The van der Waals surface area contributed by atoms with Gasteiger partial charge in [0, 0.05) is 18.3 Å². The minimum absolute atomic E-state index is 0.104. The highest BCUT2D eigenvalue weighted by molar-refractivity contribution is 7.99. The molecule has 2 saturated heterocycles. The molecule has 18 heavy (non-hydrogen) atoms. The van der Waals surface area contributed by atoms with Crippen LogP contribution in [-0.4, -0.2) is 52.8 Å². The Hall–Kier alpha value is -0.430. The van der Waals surface area contributed by atoms with E-state index in [2.05, 4.69) is 0 Å². The Bertz CT molecular complexity index is 331. The lowest BCUT2D eigenvalue weighted by Gasteiger charge is -2.33. The van der Waals surface area contributed by atoms with Crippen LogP contribution in [0, 0.1) is 5.41 Å². The average molecular weight is 283 g/mol. The number of carbonyl (C=O) groups is 1. The molecule has 2 atom stereocenters. The van der Waals surface area contributed by atoms with Crippen molar-refractivity contribution in [1.82, 2.24) is 4.90 Å². The maximum atomic E-state index is 13.0. The Morgan fingerprint density at radius 1 is 1.44 bits per heavy atom. The second kappa shape index (κ2) is 4.92. The summed E-state index contributed by atoms with van der Waals surface area (Å²) in [4.78, 5) is 12.8. The van der Waals surface area contributed by atoms with E-state index < -0.39 is 24.1 Å². The summed E-state index contributed by atoms with van der Waals surface area (Å²) in [5, 5.41) is 8.96. The maximum Gasteiger partial charge on any atom is 0.406 e. The van der Waals surface area contributed by atoms with Gasteiger partial charge >= 0.3 is 12.1 Å². The van der Waals surface area contributed by atoms with Crippen LogP contribution in [0.25, 0.3) is 0 Å². The number of hydrogen-bond acceptors (Lipinski definition) is 3. The number of thioether (sulfide) groups is 1. The number of halogens is 3. The zero-order valence-electron chi connectivity index (χ0n) is 9.87. The van der Waals surface area contributed by atoms with Gasteiger partial charge in [-0.1, -0.05) is 0 Å². The summed E-state index contributed by atoms with van der Waals surface area (Å²) < 4.78 is 39.0. The number of likely N-dealkylation sites (tertiary alicyclic amines) is 1. The molecular formula is C11H16F3NO2S. The van der Waals surface area contributed by atoms with Crippen LogP contribution in [0.3, 0.4) is 0 Å². The number of carboxylic acid groups (broad SMARTS) is 1. The number of nitrogens with zero attached hydrogens (tertiary/aromatic N) is 1. The van der Waals surface area contributed by atoms with E-state index in [4.69, 9.17) is 5.11 Å². The predicted molar refractivity (Wildman–Crippen MR) is 62.7 cm³/mol. The molecule has 0 bridgehead atoms. The third-order valence-electron chi connectivity index (χ3n) is 3.90. The zero-order valence-corrected chi connectivity index (χ0v) is 10.7. The number of alkyl halides is 3. The van der Waals surface area contributed by atoms with Crippen LogP contribution in [0.5, 0.6) is 0 Å². The minimum Gasteiger partial charge on any atom is -0.481 e. The molecule has 3 nitrogen and oxygen atoms in total. The molecule has 2 heterocycles. The zero-order chi connectivity index (χ0) is 13.4. The monoisotopic (exact) mass is 283 g/mol. The van der Waals surface area contributed by atoms with Crippen molar-refractivity contribution in [2.45, 2.75) is 31.5 Å². The topological polar surface area (TPSA) is 40.5 Å². The summed E-state index contributed by atoms with van der Waals surface area (Å²) in [6.07, 6.45) is -3.12. The fraction of sp³-hybridized carbons (Fsp3) is 0.909. The Morgan fingerprint density at radius 2 is 2.17 bits per heavy atom.